The third kappa shape index (κ3) is 2.76. The van der Waals surface area contributed by atoms with Crippen molar-refractivity contribution in [2.24, 2.45) is 10.2 Å². The van der Waals surface area contributed by atoms with E-state index in [0.29, 0.717) is 0 Å². The topological polar surface area (TPSA) is 157 Å². The number of rotatable bonds is 4. The van der Waals surface area contributed by atoms with Gasteiger partial charge >= 0.3 is 15.2 Å². The molecule has 0 saturated carbocycles. The molecule has 1 unspecified atom stereocenters. The molecule has 4 N–H and O–H groups in total. The lowest BCUT2D eigenvalue weighted by atomic mass is 10.0. The van der Waals surface area contributed by atoms with Crippen LogP contribution in [0.25, 0.3) is 0 Å². The number of azo groups is 1. The summed E-state index contributed by atoms with van der Waals surface area (Å²) in [7, 11) is -10.6. The highest BCUT2D eigenvalue weighted by molar-refractivity contribution is 7.72. The van der Waals surface area contributed by atoms with Crippen molar-refractivity contribution >= 4 is 21.0 Å². The molecule has 21 heavy (non-hydrogen) atoms. The first-order chi connectivity index (χ1) is 9.58. The summed E-state index contributed by atoms with van der Waals surface area (Å²) < 4.78 is 22.9. The summed E-state index contributed by atoms with van der Waals surface area (Å²) in [5, 5.41) is 3.53. The molecule has 1 aromatic carbocycles. The Bertz CT molecular complexity index is 656. The molecule has 0 amide bonds. The van der Waals surface area contributed by atoms with Gasteiger partial charge in [0.2, 0.25) is 0 Å². The zero-order valence-electron chi connectivity index (χ0n) is 10.5. The van der Waals surface area contributed by atoms with Gasteiger partial charge in [-0.15, -0.1) is 0 Å². The smallest absolute Gasteiger partial charge is 0.322 e. The molecular weight excluding hydrogens is 322 g/mol. The molecule has 1 aliphatic heterocycles. The maximum Gasteiger partial charge on any atom is 0.367 e. The maximum absolute atomic E-state index is 12.1. The Labute approximate surface area is 119 Å². The van der Waals surface area contributed by atoms with Crippen molar-refractivity contribution in [3.05, 3.63) is 35.9 Å². The van der Waals surface area contributed by atoms with Crippen LogP contribution in [0.2, 0.25) is 0 Å². The molecule has 0 fully saturated rings. The number of Topliss-reactive ketones (excluding diaryl/α,β-unsaturated/α-hetero) is 1. The molecule has 11 heteroatoms. The SMILES string of the molecule is O=C(c1ccccc1)C1CC(P(=O)(O)O)(P(=O)(O)O)N=N1. The van der Waals surface area contributed by atoms with Crippen LogP contribution in [0.5, 0.6) is 0 Å². The molecule has 1 aliphatic rings. The maximum atomic E-state index is 12.1. The van der Waals surface area contributed by atoms with Gasteiger partial charge in [-0.2, -0.15) is 10.2 Å². The fourth-order valence-corrected chi connectivity index (χ4v) is 4.48. The number of benzene rings is 1. The minimum Gasteiger partial charge on any atom is -0.322 e. The second kappa shape index (κ2) is 5.21. The molecule has 1 aromatic rings. The van der Waals surface area contributed by atoms with Gasteiger partial charge in [0.05, 0.1) is 0 Å². The van der Waals surface area contributed by atoms with E-state index in [2.05, 4.69) is 10.2 Å². The Balaban J connectivity index is 2.36. The van der Waals surface area contributed by atoms with E-state index < -0.39 is 38.5 Å². The van der Waals surface area contributed by atoms with Crippen LogP contribution in [0.3, 0.4) is 0 Å². The van der Waals surface area contributed by atoms with Crippen molar-refractivity contribution in [1.29, 1.82) is 0 Å². The first-order valence-electron chi connectivity index (χ1n) is 5.71. The summed E-state index contributed by atoms with van der Waals surface area (Å²) in [4.78, 5) is 49.0. The van der Waals surface area contributed by atoms with Crippen molar-refractivity contribution in [2.75, 3.05) is 0 Å². The van der Waals surface area contributed by atoms with Gasteiger partial charge in [-0.05, 0) is 0 Å². The van der Waals surface area contributed by atoms with Crippen molar-refractivity contribution in [2.45, 2.75) is 17.5 Å². The van der Waals surface area contributed by atoms with Crippen LogP contribution in [-0.2, 0) is 9.13 Å². The zero-order chi connectivity index (χ0) is 15.9. The van der Waals surface area contributed by atoms with Gasteiger partial charge in [-0.3, -0.25) is 13.9 Å². The Kier molecular flexibility index (Phi) is 4.01. The van der Waals surface area contributed by atoms with Gasteiger partial charge in [-0.25, -0.2) is 0 Å². The summed E-state index contributed by atoms with van der Waals surface area (Å²) >= 11 is 0. The van der Waals surface area contributed by atoms with Crippen LogP contribution in [-0.4, -0.2) is 36.4 Å². The van der Waals surface area contributed by atoms with Gasteiger partial charge in [0.15, 0.2) is 5.78 Å². The average molecular weight is 334 g/mol. The molecular formula is C10H12N2O7P2. The first-order valence-corrected chi connectivity index (χ1v) is 8.93. The van der Waals surface area contributed by atoms with Crippen LogP contribution in [0.15, 0.2) is 40.6 Å². The van der Waals surface area contributed by atoms with Gasteiger partial charge in [0, 0.05) is 12.0 Å². The molecule has 0 aliphatic carbocycles. The lowest BCUT2D eigenvalue weighted by molar-refractivity contribution is 0.0961. The van der Waals surface area contributed by atoms with Crippen LogP contribution < -0.4 is 0 Å². The van der Waals surface area contributed by atoms with Crippen molar-refractivity contribution in [3.8, 4) is 0 Å². The molecule has 0 radical (unpaired) electrons. The van der Waals surface area contributed by atoms with E-state index >= 15 is 0 Å². The standard InChI is InChI=1S/C10H12N2O7P2/c13-9(7-4-2-1-3-5-7)8-6-10(12-11-8,20(14,15)16)21(17,18)19/h1-5,8H,6H2,(H2,14,15,16)(H2,17,18,19). The molecule has 9 nitrogen and oxygen atoms in total. The molecule has 0 saturated heterocycles. The van der Waals surface area contributed by atoms with Crippen LogP contribution >= 0.6 is 15.2 Å². The molecule has 0 spiro atoms. The fourth-order valence-electron chi connectivity index (χ4n) is 1.97. The summed E-state index contributed by atoms with van der Waals surface area (Å²) in [6.07, 6.45) is -0.838. The lowest BCUT2D eigenvalue weighted by Crippen LogP contribution is -2.29. The van der Waals surface area contributed by atoms with E-state index in [1.165, 1.54) is 12.1 Å². The van der Waals surface area contributed by atoms with E-state index in [-0.39, 0.29) is 5.56 Å². The van der Waals surface area contributed by atoms with Gasteiger partial charge in [-0.1, -0.05) is 30.3 Å². The van der Waals surface area contributed by atoms with Crippen LogP contribution in [0, 0.1) is 0 Å². The van der Waals surface area contributed by atoms with E-state index in [1.54, 1.807) is 18.2 Å². The van der Waals surface area contributed by atoms with Crippen LogP contribution in [0.4, 0.5) is 0 Å². The lowest BCUT2D eigenvalue weighted by Gasteiger charge is -2.26. The minimum atomic E-state index is -5.31. The number of ketones is 1. The van der Waals surface area contributed by atoms with Gasteiger partial charge < -0.3 is 19.6 Å². The predicted molar refractivity (Wildman–Crippen MR) is 70.9 cm³/mol. The molecule has 114 valence electrons. The van der Waals surface area contributed by atoms with Crippen molar-refractivity contribution in [3.63, 3.8) is 0 Å². The number of nitrogens with zero attached hydrogens (tertiary/aromatic N) is 2. The average Bonchev–Trinajstić information content (AvgIpc) is 2.84. The highest BCUT2D eigenvalue weighted by Gasteiger charge is 2.65. The molecule has 0 aromatic heterocycles. The highest BCUT2D eigenvalue weighted by Crippen LogP contribution is 2.73. The molecule has 0 bridgehead atoms. The molecule has 1 heterocycles. The molecule has 1 atom stereocenters. The first kappa shape index (κ1) is 16.2. The second-order valence-corrected chi connectivity index (χ2v) is 8.54. The minimum absolute atomic E-state index is 0.216. The summed E-state index contributed by atoms with van der Waals surface area (Å²) in [6, 6.07) is 6.42. The number of carbonyl (C=O) groups excluding carboxylic acids is 1. The van der Waals surface area contributed by atoms with E-state index in [0.717, 1.165) is 0 Å². The van der Waals surface area contributed by atoms with E-state index in [1.807, 2.05) is 0 Å². The summed E-state index contributed by atoms with van der Waals surface area (Å²) in [6.45, 7) is 0. The largest absolute Gasteiger partial charge is 0.367 e. The van der Waals surface area contributed by atoms with Gasteiger partial charge in [0.25, 0.3) is 5.02 Å². The van der Waals surface area contributed by atoms with Crippen molar-refractivity contribution in [1.82, 2.24) is 0 Å². The van der Waals surface area contributed by atoms with E-state index in [9.17, 15) is 33.5 Å². The number of hydrogen-bond donors (Lipinski definition) is 4. The second-order valence-electron chi connectivity index (χ2n) is 4.53. The number of carbonyl (C=O) groups is 1. The Hall–Kier alpha value is -1.21. The summed E-state index contributed by atoms with van der Waals surface area (Å²) in [5.74, 6) is -0.608. The third-order valence-corrected chi connectivity index (χ3v) is 7.09. The van der Waals surface area contributed by atoms with Gasteiger partial charge in [0.1, 0.15) is 6.04 Å². The normalized spacial score (nSPS) is 21.4. The van der Waals surface area contributed by atoms with Crippen LogP contribution in [0.1, 0.15) is 16.8 Å². The fraction of sp³-hybridized carbons (Fsp3) is 0.300. The Morgan fingerprint density at radius 2 is 1.62 bits per heavy atom. The Morgan fingerprint density at radius 3 is 2.05 bits per heavy atom. The van der Waals surface area contributed by atoms with Crippen molar-refractivity contribution < 1.29 is 33.5 Å². The summed E-state index contributed by atoms with van der Waals surface area (Å²) in [5.41, 5.74) is 0.216. The zero-order valence-corrected chi connectivity index (χ0v) is 12.3. The molecule has 2 rings (SSSR count). The highest BCUT2D eigenvalue weighted by atomic mass is 31.2. The number of hydrogen-bond acceptors (Lipinski definition) is 5. The third-order valence-electron chi connectivity index (χ3n) is 3.12. The predicted octanol–water partition coefficient (Wildman–Crippen LogP) is 1.10. The quantitative estimate of drug-likeness (QED) is 0.474. The van der Waals surface area contributed by atoms with E-state index in [4.69, 9.17) is 0 Å². The monoisotopic (exact) mass is 334 g/mol. The Morgan fingerprint density at radius 1 is 1.10 bits per heavy atom.